The summed E-state index contributed by atoms with van der Waals surface area (Å²) in [4.78, 5) is 10.3. The van der Waals surface area contributed by atoms with Gasteiger partial charge in [0.05, 0.1) is 12.2 Å². The van der Waals surface area contributed by atoms with Crippen LogP contribution in [0.4, 0.5) is 0 Å². The maximum absolute atomic E-state index is 10.3. The van der Waals surface area contributed by atoms with Gasteiger partial charge in [0.25, 0.3) is 0 Å². The standard InChI is InChI=1S/C18H36O2.C12H26O2/c1-2-3-4-5-6-7-8-9-10-11-12-13-14-15-16-17-18(19)20;1-4-6-7-11(5-2)9-12(14)8-10(3)13/h2-17H2,1H3,(H,19,20);10-14H,4-9H2,1-3H3. The van der Waals surface area contributed by atoms with Crippen LogP contribution in [0.25, 0.3) is 0 Å². The quantitative estimate of drug-likeness (QED) is 0.119. The molecule has 0 saturated carbocycles. The number of hydrogen-bond donors (Lipinski definition) is 3. The van der Waals surface area contributed by atoms with Gasteiger partial charge >= 0.3 is 5.97 Å². The highest BCUT2D eigenvalue weighted by Gasteiger charge is 2.14. The first-order valence-electron chi connectivity index (χ1n) is 14.9. The molecule has 0 aliphatic rings. The number of carboxylic acids is 1. The zero-order valence-electron chi connectivity index (χ0n) is 23.5. The average molecular weight is 487 g/mol. The molecule has 0 bridgehead atoms. The van der Waals surface area contributed by atoms with Crippen molar-refractivity contribution in [3.8, 4) is 0 Å². The van der Waals surface area contributed by atoms with Gasteiger partial charge in [-0.05, 0) is 32.1 Å². The smallest absolute Gasteiger partial charge is 0.303 e. The number of aliphatic carboxylic acids is 1. The Balaban J connectivity index is 0. The Morgan fingerprint density at radius 1 is 0.618 bits per heavy atom. The van der Waals surface area contributed by atoms with Crippen molar-refractivity contribution in [1.29, 1.82) is 0 Å². The van der Waals surface area contributed by atoms with E-state index in [0.717, 1.165) is 25.7 Å². The molecule has 0 aromatic rings. The third-order valence-electron chi connectivity index (χ3n) is 6.76. The Labute approximate surface area is 213 Å². The van der Waals surface area contributed by atoms with Gasteiger partial charge in [0, 0.05) is 6.42 Å². The van der Waals surface area contributed by atoms with Gasteiger partial charge < -0.3 is 15.3 Å². The van der Waals surface area contributed by atoms with Crippen molar-refractivity contribution in [1.82, 2.24) is 0 Å². The van der Waals surface area contributed by atoms with Crippen molar-refractivity contribution in [2.75, 3.05) is 0 Å². The summed E-state index contributed by atoms with van der Waals surface area (Å²) in [6.45, 7) is 8.37. The van der Waals surface area contributed by atoms with Crippen LogP contribution in [0, 0.1) is 5.92 Å². The summed E-state index contributed by atoms with van der Waals surface area (Å²) in [5.74, 6) is -0.0246. The lowest BCUT2D eigenvalue weighted by Gasteiger charge is -2.19. The van der Waals surface area contributed by atoms with Crippen LogP contribution in [0.3, 0.4) is 0 Å². The van der Waals surface area contributed by atoms with E-state index in [1.165, 1.54) is 103 Å². The van der Waals surface area contributed by atoms with E-state index in [0.29, 0.717) is 18.8 Å². The number of carboxylic acid groups (broad SMARTS) is 1. The Bertz CT molecular complexity index is 397. The molecule has 0 aromatic heterocycles. The lowest BCUT2D eigenvalue weighted by atomic mass is 9.91. The number of unbranched alkanes of at least 4 members (excludes halogenated alkanes) is 15. The van der Waals surface area contributed by atoms with E-state index < -0.39 is 5.97 Å². The van der Waals surface area contributed by atoms with Crippen LogP contribution in [0.15, 0.2) is 0 Å². The van der Waals surface area contributed by atoms with E-state index in [4.69, 9.17) is 10.2 Å². The fraction of sp³-hybridized carbons (Fsp3) is 0.967. The number of carbonyl (C=O) groups is 1. The van der Waals surface area contributed by atoms with Crippen LogP contribution < -0.4 is 0 Å². The van der Waals surface area contributed by atoms with Gasteiger partial charge in [0.2, 0.25) is 0 Å². The molecule has 3 atom stereocenters. The van der Waals surface area contributed by atoms with Crippen LogP contribution in [0.1, 0.15) is 169 Å². The molecule has 0 spiro atoms. The first kappa shape index (κ1) is 35.6. The lowest BCUT2D eigenvalue weighted by molar-refractivity contribution is -0.137. The van der Waals surface area contributed by atoms with Gasteiger partial charge in [-0.2, -0.15) is 0 Å². The van der Waals surface area contributed by atoms with Crippen LogP contribution in [-0.4, -0.2) is 33.5 Å². The predicted octanol–water partition coefficient (Wildman–Crippen LogP) is 9.06. The summed E-state index contributed by atoms with van der Waals surface area (Å²) in [7, 11) is 0. The monoisotopic (exact) mass is 486 g/mol. The molecule has 206 valence electrons. The molecule has 0 rings (SSSR count). The molecule has 3 unspecified atom stereocenters. The summed E-state index contributed by atoms with van der Waals surface area (Å²) in [5.41, 5.74) is 0. The molecular formula is C30H62O4. The summed E-state index contributed by atoms with van der Waals surface area (Å²) in [6, 6.07) is 0. The van der Waals surface area contributed by atoms with Gasteiger partial charge in [0.1, 0.15) is 0 Å². The first-order chi connectivity index (χ1) is 16.4. The third-order valence-corrected chi connectivity index (χ3v) is 6.76. The summed E-state index contributed by atoms with van der Waals surface area (Å²) >= 11 is 0. The fourth-order valence-electron chi connectivity index (χ4n) is 4.50. The van der Waals surface area contributed by atoms with E-state index in [9.17, 15) is 9.90 Å². The zero-order valence-corrected chi connectivity index (χ0v) is 23.5. The van der Waals surface area contributed by atoms with Crippen molar-refractivity contribution >= 4 is 5.97 Å². The van der Waals surface area contributed by atoms with Crippen LogP contribution >= 0.6 is 0 Å². The minimum absolute atomic E-state index is 0.322. The van der Waals surface area contributed by atoms with Crippen molar-refractivity contribution in [3.63, 3.8) is 0 Å². The van der Waals surface area contributed by atoms with Crippen molar-refractivity contribution in [2.24, 2.45) is 5.92 Å². The first-order valence-corrected chi connectivity index (χ1v) is 14.9. The van der Waals surface area contributed by atoms with Crippen molar-refractivity contribution < 1.29 is 20.1 Å². The molecular weight excluding hydrogens is 424 g/mol. The van der Waals surface area contributed by atoms with Crippen LogP contribution in [-0.2, 0) is 4.79 Å². The second-order valence-corrected chi connectivity index (χ2v) is 10.5. The van der Waals surface area contributed by atoms with Crippen LogP contribution in [0.5, 0.6) is 0 Å². The molecule has 4 nitrogen and oxygen atoms in total. The Morgan fingerprint density at radius 3 is 1.38 bits per heavy atom. The molecule has 0 saturated heterocycles. The summed E-state index contributed by atoms with van der Waals surface area (Å²) in [5, 5.41) is 27.3. The van der Waals surface area contributed by atoms with Gasteiger partial charge in [-0.15, -0.1) is 0 Å². The SMILES string of the molecule is CCCCC(CC)CC(O)CC(C)O.CCCCCCCCCCCCCCCCCC(=O)O. The number of aliphatic hydroxyl groups is 2. The molecule has 0 aliphatic carbocycles. The largest absolute Gasteiger partial charge is 0.481 e. The molecule has 4 heteroatoms. The van der Waals surface area contributed by atoms with Crippen LogP contribution in [0.2, 0.25) is 0 Å². The molecule has 34 heavy (non-hydrogen) atoms. The summed E-state index contributed by atoms with van der Waals surface area (Å²) < 4.78 is 0. The highest BCUT2D eigenvalue weighted by Crippen LogP contribution is 2.20. The maximum Gasteiger partial charge on any atom is 0.303 e. The highest BCUT2D eigenvalue weighted by molar-refractivity contribution is 5.66. The van der Waals surface area contributed by atoms with E-state index in [2.05, 4.69) is 20.8 Å². The second-order valence-electron chi connectivity index (χ2n) is 10.5. The molecule has 0 fully saturated rings. The normalized spacial score (nSPS) is 13.7. The Morgan fingerprint density at radius 2 is 1.03 bits per heavy atom. The Hall–Kier alpha value is -0.610. The number of hydrogen-bond acceptors (Lipinski definition) is 3. The molecule has 3 N–H and O–H groups in total. The molecule has 0 heterocycles. The van der Waals surface area contributed by atoms with E-state index in [1.807, 2.05) is 0 Å². The maximum atomic E-state index is 10.3. The number of rotatable bonds is 24. The van der Waals surface area contributed by atoms with Gasteiger partial charge in [-0.1, -0.05) is 136 Å². The molecule has 0 aliphatic heterocycles. The van der Waals surface area contributed by atoms with Gasteiger partial charge in [-0.3, -0.25) is 4.79 Å². The van der Waals surface area contributed by atoms with Crippen molar-refractivity contribution in [3.05, 3.63) is 0 Å². The molecule has 0 radical (unpaired) electrons. The zero-order chi connectivity index (χ0) is 25.9. The molecule has 0 aromatic carbocycles. The Kier molecular flexibility index (Phi) is 29.9. The minimum Gasteiger partial charge on any atom is -0.481 e. The van der Waals surface area contributed by atoms with Gasteiger partial charge in [-0.25, -0.2) is 0 Å². The number of aliphatic hydroxyl groups excluding tert-OH is 2. The molecule has 0 amide bonds. The second kappa shape index (κ2) is 28.6. The highest BCUT2D eigenvalue weighted by atomic mass is 16.4. The van der Waals surface area contributed by atoms with E-state index in [-0.39, 0.29) is 12.2 Å². The minimum atomic E-state index is -0.653. The topological polar surface area (TPSA) is 77.8 Å². The van der Waals surface area contributed by atoms with Crippen molar-refractivity contribution in [2.45, 2.75) is 181 Å². The fourth-order valence-corrected chi connectivity index (χ4v) is 4.50. The average Bonchev–Trinajstić information content (AvgIpc) is 2.79. The predicted molar refractivity (Wildman–Crippen MR) is 147 cm³/mol. The summed E-state index contributed by atoms with van der Waals surface area (Å²) in [6.07, 6.45) is 25.7. The van der Waals surface area contributed by atoms with Gasteiger partial charge in [0.15, 0.2) is 0 Å². The van der Waals surface area contributed by atoms with E-state index >= 15 is 0 Å². The lowest BCUT2D eigenvalue weighted by Crippen LogP contribution is -2.18. The van der Waals surface area contributed by atoms with E-state index in [1.54, 1.807) is 6.92 Å². The third kappa shape index (κ3) is 31.4.